The number of carbonyl (C=O) groups excluding carboxylic acids is 1. The summed E-state index contributed by atoms with van der Waals surface area (Å²) in [4.78, 5) is 12.3. The second-order valence-electron chi connectivity index (χ2n) is 7.87. The van der Waals surface area contributed by atoms with Crippen LogP contribution in [-0.2, 0) is 16.0 Å². The highest BCUT2D eigenvalue weighted by molar-refractivity contribution is 6.88. The number of benzene rings is 1. The summed E-state index contributed by atoms with van der Waals surface area (Å²) in [6, 6.07) is 7.60. The second-order valence-corrected chi connectivity index (χ2v) is 14.1. The molecule has 0 saturated carbocycles. The van der Waals surface area contributed by atoms with Gasteiger partial charge >= 0.3 is 5.97 Å². The summed E-state index contributed by atoms with van der Waals surface area (Å²) < 4.78 is 5.61. The van der Waals surface area contributed by atoms with Crippen molar-refractivity contribution in [3.8, 4) is 0 Å². The Bertz CT molecular complexity index is 663. The number of hydrogen-bond acceptors (Lipinski definition) is 2. The van der Waals surface area contributed by atoms with Crippen LogP contribution >= 0.6 is 11.6 Å². The summed E-state index contributed by atoms with van der Waals surface area (Å²) >= 11 is 5.93. The lowest BCUT2D eigenvalue weighted by Crippen LogP contribution is -2.43. The molecule has 1 aliphatic rings. The van der Waals surface area contributed by atoms with E-state index in [2.05, 4.69) is 47.2 Å². The Balaban J connectivity index is 2.33. The first-order valence-corrected chi connectivity index (χ1v) is 11.8. The molecule has 1 aromatic carbocycles. The van der Waals surface area contributed by atoms with Crippen LogP contribution in [0.2, 0.25) is 21.6 Å². The first kappa shape index (κ1) is 20.0. The second kappa shape index (κ2) is 7.92. The molecule has 2 nitrogen and oxygen atoms in total. The molecule has 1 aliphatic heterocycles. The van der Waals surface area contributed by atoms with Crippen LogP contribution in [0.5, 0.6) is 0 Å². The summed E-state index contributed by atoms with van der Waals surface area (Å²) in [6.07, 6.45) is 2.51. The van der Waals surface area contributed by atoms with Crippen LogP contribution in [-0.4, -0.2) is 14.0 Å². The molecule has 0 atom stereocenters. The summed E-state index contributed by atoms with van der Waals surface area (Å²) in [5.74, 6) is 0.525. The highest BCUT2D eigenvalue weighted by atomic mass is 35.5. The summed E-state index contributed by atoms with van der Waals surface area (Å²) in [5.41, 5.74) is 5.87. The predicted octanol–water partition coefficient (Wildman–Crippen LogP) is 6.47. The molecule has 0 aromatic heterocycles. The lowest BCUT2D eigenvalue weighted by Gasteiger charge is -2.40. The number of esters is 1. The van der Waals surface area contributed by atoms with Gasteiger partial charge in [0.05, 0.1) is 8.07 Å². The van der Waals surface area contributed by atoms with Gasteiger partial charge in [0.1, 0.15) is 5.76 Å². The van der Waals surface area contributed by atoms with Crippen molar-refractivity contribution in [2.45, 2.75) is 64.6 Å². The topological polar surface area (TPSA) is 26.3 Å². The maximum Gasteiger partial charge on any atom is 0.339 e. The molecule has 0 bridgehead atoms. The van der Waals surface area contributed by atoms with Gasteiger partial charge in [-0.3, -0.25) is 0 Å². The molecule has 1 aromatic rings. The minimum absolute atomic E-state index is 0.222. The average molecular weight is 377 g/mol. The van der Waals surface area contributed by atoms with E-state index in [0.29, 0.717) is 33.6 Å². The predicted molar refractivity (Wildman–Crippen MR) is 108 cm³/mol. The Morgan fingerprint density at radius 3 is 2.00 bits per heavy atom. The van der Waals surface area contributed by atoms with Crippen LogP contribution in [0.15, 0.2) is 47.4 Å². The standard InChI is InChI=1S/C21H29ClO2Si/c1-14(2)25(15(3)4,16(5)6)13-20-12-18(21(23)24-20)11-17-7-9-19(22)10-8-17/h7-10,12-16H,11H2,1-6H3/b20-13-. The van der Waals surface area contributed by atoms with Crippen molar-refractivity contribution in [2.75, 3.05) is 0 Å². The van der Waals surface area contributed by atoms with Gasteiger partial charge in [0.2, 0.25) is 0 Å². The summed E-state index contributed by atoms with van der Waals surface area (Å²) in [6.45, 7) is 13.8. The SMILES string of the molecule is CC(C)[Si](/C=C1/C=C(Cc2ccc(Cl)cc2)C(=O)O1)(C(C)C)C(C)C. The smallest absolute Gasteiger partial charge is 0.339 e. The van der Waals surface area contributed by atoms with E-state index in [4.69, 9.17) is 16.3 Å². The normalized spacial score (nSPS) is 17.0. The number of allylic oxidation sites excluding steroid dienone is 1. The zero-order chi connectivity index (χ0) is 18.8. The largest absolute Gasteiger partial charge is 0.424 e. The maximum absolute atomic E-state index is 12.3. The lowest BCUT2D eigenvalue weighted by molar-refractivity contribution is -0.133. The fourth-order valence-corrected chi connectivity index (χ4v) is 9.96. The van der Waals surface area contributed by atoms with E-state index < -0.39 is 8.07 Å². The van der Waals surface area contributed by atoms with Crippen LogP contribution in [0.25, 0.3) is 0 Å². The Morgan fingerprint density at radius 2 is 1.52 bits per heavy atom. The van der Waals surface area contributed by atoms with Crippen molar-refractivity contribution in [1.29, 1.82) is 0 Å². The molecule has 0 N–H and O–H groups in total. The molecule has 0 amide bonds. The first-order valence-electron chi connectivity index (χ1n) is 9.06. The van der Waals surface area contributed by atoms with Crippen molar-refractivity contribution in [3.05, 3.63) is 58.0 Å². The van der Waals surface area contributed by atoms with E-state index in [1.807, 2.05) is 30.3 Å². The van der Waals surface area contributed by atoms with Gasteiger partial charge in [0, 0.05) is 17.0 Å². The molecule has 0 radical (unpaired) electrons. The molecule has 0 unspecified atom stereocenters. The van der Waals surface area contributed by atoms with Gasteiger partial charge < -0.3 is 4.74 Å². The van der Waals surface area contributed by atoms with E-state index in [1.54, 1.807) is 0 Å². The van der Waals surface area contributed by atoms with Crippen LogP contribution in [0.3, 0.4) is 0 Å². The third kappa shape index (κ3) is 4.27. The molecule has 0 spiro atoms. The molecule has 0 fully saturated rings. The molecular formula is C21H29ClO2Si. The van der Waals surface area contributed by atoms with E-state index in [1.165, 1.54) is 0 Å². The van der Waals surface area contributed by atoms with Gasteiger partial charge in [-0.25, -0.2) is 4.79 Å². The maximum atomic E-state index is 12.3. The van der Waals surface area contributed by atoms with Gasteiger partial charge in [0.25, 0.3) is 0 Å². The number of halogens is 1. The monoisotopic (exact) mass is 376 g/mol. The van der Waals surface area contributed by atoms with E-state index in [9.17, 15) is 4.79 Å². The third-order valence-electron chi connectivity index (χ3n) is 5.49. The van der Waals surface area contributed by atoms with Gasteiger partial charge in [-0.05, 0) is 40.4 Å². The number of cyclic esters (lactones) is 1. The van der Waals surface area contributed by atoms with Crippen molar-refractivity contribution >= 4 is 25.6 Å². The van der Waals surface area contributed by atoms with Crippen LogP contribution in [0, 0.1) is 0 Å². The van der Waals surface area contributed by atoms with Crippen LogP contribution in [0.1, 0.15) is 47.1 Å². The molecule has 0 saturated heterocycles. The van der Waals surface area contributed by atoms with Crippen molar-refractivity contribution in [2.24, 2.45) is 0 Å². The number of hydrogen-bond donors (Lipinski definition) is 0. The van der Waals surface area contributed by atoms with E-state index >= 15 is 0 Å². The van der Waals surface area contributed by atoms with Crippen LogP contribution < -0.4 is 0 Å². The van der Waals surface area contributed by atoms with Crippen LogP contribution in [0.4, 0.5) is 0 Å². The summed E-state index contributed by atoms with van der Waals surface area (Å²) in [7, 11) is -1.75. The van der Waals surface area contributed by atoms with Crippen molar-refractivity contribution < 1.29 is 9.53 Å². The minimum atomic E-state index is -1.75. The van der Waals surface area contributed by atoms with E-state index in [0.717, 1.165) is 11.3 Å². The molecule has 1 heterocycles. The Labute approximate surface area is 157 Å². The lowest BCUT2D eigenvalue weighted by atomic mass is 10.1. The fraction of sp³-hybridized carbons (Fsp3) is 0.476. The molecule has 0 aliphatic carbocycles. The van der Waals surface area contributed by atoms with Gasteiger partial charge in [0.15, 0.2) is 0 Å². The fourth-order valence-electron chi connectivity index (χ4n) is 4.20. The first-order chi connectivity index (χ1) is 11.7. The molecule has 2 rings (SSSR count). The zero-order valence-electron chi connectivity index (χ0n) is 16.1. The van der Waals surface area contributed by atoms with Crippen molar-refractivity contribution in [3.63, 3.8) is 0 Å². The van der Waals surface area contributed by atoms with Crippen molar-refractivity contribution in [1.82, 2.24) is 0 Å². The van der Waals surface area contributed by atoms with Gasteiger partial charge in [-0.1, -0.05) is 71.0 Å². The molecule has 25 heavy (non-hydrogen) atoms. The summed E-state index contributed by atoms with van der Waals surface area (Å²) in [5, 5.41) is 0.703. The average Bonchev–Trinajstić information content (AvgIpc) is 2.85. The molecular weight excluding hydrogens is 348 g/mol. The zero-order valence-corrected chi connectivity index (χ0v) is 17.9. The third-order valence-corrected chi connectivity index (χ3v) is 12.5. The highest BCUT2D eigenvalue weighted by Crippen LogP contribution is 2.43. The Kier molecular flexibility index (Phi) is 6.34. The number of rotatable bonds is 6. The van der Waals surface area contributed by atoms with Gasteiger partial charge in [-0.15, -0.1) is 0 Å². The highest BCUT2D eigenvalue weighted by Gasteiger charge is 2.42. The molecule has 136 valence electrons. The van der Waals surface area contributed by atoms with Gasteiger partial charge in [-0.2, -0.15) is 0 Å². The Morgan fingerprint density at radius 1 is 1.00 bits per heavy atom. The Hall–Kier alpha value is -1.32. The number of ether oxygens (including phenoxy) is 1. The quantitative estimate of drug-likeness (QED) is 0.420. The minimum Gasteiger partial charge on any atom is -0.424 e. The molecule has 4 heteroatoms. The van der Waals surface area contributed by atoms with E-state index in [-0.39, 0.29) is 5.97 Å². The number of carbonyl (C=O) groups is 1.